The van der Waals surface area contributed by atoms with E-state index in [0.29, 0.717) is 28.9 Å². The molecule has 0 heterocycles. The average molecular weight is 432 g/mol. The van der Waals surface area contributed by atoms with Gasteiger partial charge in [-0.15, -0.1) is 0 Å². The fourth-order valence-corrected chi connectivity index (χ4v) is 6.68. The van der Waals surface area contributed by atoms with Crippen LogP contribution in [0.4, 0.5) is 0 Å². The lowest BCUT2D eigenvalue weighted by Gasteiger charge is -2.55. The molecule has 0 aliphatic heterocycles. The van der Waals surface area contributed by atoms with Crippen LogP contribution in [-0.2, 0) is 16.0 Å². The summed E-state index contributed by atoms with van der Waals surface area (Å²) in [7, 11) is 0. The fourth-order valence-electron chi connectivity index (χ4n) is 6.68. The summed E-state index contributed by atoms with van der Waals surface area (Å²) < 4.78 is 0. The number of hydrogen-bond donors (Lipinski definition) is 2. The SMILES string of the molecule is O=C(c1ccccc1)c1ccc(C[C@H](NC(=O)C23CC4CC(CC(C4)C2)C3)C(=O)O)cc1. The third-order valence-corrected chi connectivity index (χ3v) is 7.82. The van der Waals surface area contributed by atoms with Crippen molar-refractivity contribution in [2.24, 2.45) is 23.2 Å². The summed E-state index contributed by atoms with van der Waals surface area (Å²) in [5.41, 5.74) is 1.60. The molecule has 32 heavy (non-hydrogen) atoms. The van der Waals surface area contributed by atoms with Crippen LogP contribution in [0.3, 0.4) is 0 Å². The second kappa shape index (κ2) is 8.19. The maximum atomic E-state index is 13.3. The van der Waals surface area contributed by atoms with Crippen molar-refractivity contribution in [1.82, 2.24) is 5.32 Å². The first-order chi connectivity index (χ1) is 15.4. The van der Waals surface area contributed by atoms with E-state index in [1.165, 1.54) is 19.3 Å². The summed E-state index contributed by atoms with van der Waals surface area (Å²) in [4.78, 5) is 37.8. The summed E-state index contributed by atoms with van der Waals surface area (Å²) >= 11 is 0. The van der Waals surface area contributed by atoms with E-state index in [1.54, 1.807) is 36.4 Å². The molecule has 6 rings (SSSR count). The molecule has 0 saturated heterocycles. The summed E-state index contributed by atoms with van der Waals surface area (Å²) in [6, 6.07) is 15.1. The number of benzene rings is 2. The molecule has 4 aliphatic carbocycles. The number of hydrogen-bond acceptors (Lipinski definition) is 3. The van der Waals surface area contributed by atoms with Gasteiger partial charge < -0.3 is 10.4 Å². The number of ketones is 1. The van der Waals surface area contributed by atoms with Crippen molar-refractivity contribution in [3.05, 3.63) is 71.3 Å². The number of rotatable bonds is 7. The third-order valence-electron chi connectivity index (χ3n) is 7.82. The second-order valence-corrected chi connectivity index (χ2v) is 10.2. The van der Waals surface area contributed by atoms with Crippen molar-refractivity contribution >= 4 is 17.7 Å². The summed E-state index contributed by atoms with van der Waals surface area (Å²) in [6.45, 7) is 0. The number of carboxylic acid groups (broad SMARTS) is 1. The number of aliphatic carboxylic acids is 1. The number of nitrogens with one attached hydrogen (secondary N) is 1. The highest BCUT2D eigenvalue weighted by atomic mass is 16.4. The van der Waals surface area contributed by atoms with Gasteiger partial charge in [0.1, 0.15) is 6.04 Å². The Morgan fingerprint density at radius 1 is 0.844 bits per heavy atom. The van der Waals surface area contributed by atoms with Gasteiger partial charge in [-0.3, -0.25) is 9.59 Å². The van der Waals surface area contributed by atoms with Gasteiger partial charge in [0.2, 0.25) is 5.91 Å². The minimum absolute atomic E-state index is 0.0675. The Morgan fingerprint density at radius 2 is 1.38 bits per heavy atom. The summed E-state index contributed by atoms with van der Waals surface area (Å²) in [5, 5.41) is 12.7. The highest BCUT2D eigenvalue weighted by Gasteiger charge is 2.54. The van der Waals surface area contributed by atoms with Gasteiger partial charge in [0.25, 0.3) is 0 Å². The van der Waals surface area contributed by atoms with Crippen molar-refractivity contribution in [2.45, 2.75) is 51.0 Å². The Labute approximate surface area is 188 Å². The van der Waals surface area contributed by atoms with Gasteiger partial charge in [0.15, 0.2) is 5.78 Å². The Kier molecular flexibility index (Phi) is 5.36. The first kappa shape index (κ1) is 20.9. The van der Waals surface area contributed by atoms with Crippen molar-refractivity contribution in [3.63, 3.8) is 0 Å². The highest BCUT2D eigenvalue weighted by Crippen LogP contribution is 2.60. The van der Waals surface area contributed by atoms with Crippen molar-refractivity contribution in [3.8, 4) is 0 Å². The molecule has 0 aromatic heterocycles. The van der Waals surface area contributed by atoms with E-state index >= 15 is 0 Å². The molecule has 4 bridgehead atoms. The standard InChI is InChI=1S/C27H29NO4/c29-24(21-4-2-1-3-5-21)22-8-6-17(7-9-22)13-23(25(30)31)28-26(32)27-14-18-10-19(15-27)12-20(11-18)16-27/h1-9,18-20,23H,10-16H2,(H,28,32)(H,30,31)/t18?,19?,20?,23-,27?/m0/s1. The number of amides is 1. The van der Waals surface area contributed by atoms with Crippen LogP contribution in [0.2, 0.25) is 0 Å². The molecule has 2 aromatic rings. The molecule has 0 radical (unpaired) electrons. The molecule has 0 spiro atoms. The van der Waals surface area contributed by atoms with Crippen LogP contribution in [0.1, 0.15) is 60.0 Å². The normalized spacial score (nSPS) is 28.8. The molecular weight excluding hydrogens is 402 g/mol. The van der Waals surface area contributed by atoms with Crippen LogP contribution < -0.4 is 5.32 Å². The zero-order valence-electron chi connectivity index (χ0n) is 18.1. The van der Waals surface area contributed by atoms with E-state index in [4.69, 9.17) is 0 Å². The Bertz CT molecular complexity index is 992. The van der Waals surface area contributed by atoms with Crippen LogP contribution >= 0.6 is 0 Å². The number of carboxylic acids is 1. The molecule has 4 aliphatic rings. The minimum Gasteiger partial charge on any atom is -0.480 e. The first-order valence-electron chi connectivity index (χ1n) is 11.6. The van der Waals surface area contributed by atoms with Crippen LogP contribution in [-0.4, -0.2) is 28.8 Å². The van der Waals surface area contributed by atoms with Gasteiger partial charge in [0, 0.05) is 23.0 Å². The van der Waals surface area contributed by atoms with Gasteiger partial charge >= 0.3 is 5.97 Å². The van der Waals surface area contributed by atoms with E-state index < -0.39 is 12.0 Å². The lowest BCUT2D eigenvalue weighted by atomic mass is 9.49. The lowest BCUT2D eigenvalue weighted by Crippen LogP contribution is -2.56. The summed E-state index contributed by atoms with van der Waals surface area (Å²) in [5.74, 6) is 0.731. The fraction of sp³-hybridized carbons (Fsp3) is 0.444. The van der Waals surface area contributed by atoms with Gasteiger partial charge in [-0.1, -0.05) is 54.6 Å². The Balaban J connectivity index is 1.26. The molecule has 0 unspecified atom stereocenters. The lowest BCUT2D eigenvalue weighted by molar-refractivity contribution is -0.151. The molecule has 5 heteroatoms. The van der Waals surface area contributed by atoms with Crippen LogP contribution in [0.5, 0.6) is 0 Å². The van der Waals surface area contributed by atoms with E-state index in [-0.39, 0.29) is 23.5 Å². The summed E-state index contributed by atoms with van der Waals surface area (Å²) in [6.07, 6.45) is 6.65. The third kappa shape index (κ3) is 3.96. The minimum atomic E-state index is -1.02. The predicted molar refractivity (Wildman–Crippen MR) is 120 cm³/mol. The molecule has 166 valence electrons. The molecule has 5 nitrogen and oxygen atoms in total. The highest BCUT2D eigenvalue weighted by molar-refractivity contribution is 6.08. The van der Waals surface area contributed by atoms with Gasteiger partial charge in [-0.05, 0) is 61.8 Å². The zero-order chi connectivity index (χ0) is 22.3. The van der Waals surface area contributed by atoms with Gasteiger partial charge in [0.05, 0.1) is 0 Å². The van der Waals surface area contributed by atoms with Crippen molar-refractivity contribution < 1.29 is 19.5 Å². The van der Waals surface area contributed by atoms with Gasteiger partial charge in [-0.25, -0.2) is 4.79 Å². The molecule has 2 aromatic carbocycles. The number of carbonyl (C=O) groups is 3. The quantitative estimate of drug-likeness (QED) is 0.642. The van der Waals surface area contributed by atoms with Crippen molar-refractivity contribution in [2.75, 3.05) is 0 Å². The monoisotopic (exact) mass is 431 g/mol. The molecule has 1 amide bonds. The Morgan fingerprint density at radius 3 is 1.91 bits per heavy atom. The largest absolute Gasteiger partial charge is 0.480 e. The van der Waals surface area contributed by atoms with Crippen molar-refractivity contribution in [1.29, 1.82) is 0 Å². The van der Waals surface area contributed by atoms with Crippen LogP contribution in [0.15, 0.2) is 54.6 Å². The first-order valence-corrected chi connectivity index (χ1v) is 11.6. The smallest absolute Gasteiger partial charge is 0.326 e. The molecule has 1 atom stereocenters. The predicted octanol–water partition coefficient (Wildman–Crippen LogP) is 4.25. The van der Waals surface area contributed by atoms with E-state index in [1.807, 2.05) is 18.2 Å². The molecule has 4 fully saturated rings. The maximum absolute atomic E-state index is 13.3. The molecule has 4 saturated carbocycles. The zero-order valence-corrected chi connectivity index (χ0v) is 18.1. The van der Waals surface area contributed by atoms with E-state index in [0.717, 1.165) is 24.8 Å². The molecule has 2 N–H and O–H groups in total. The van der Waals surface area contributed by atoms with Gasteiger partial charge in [-0.2, -0.15) is 0 Å². The topological polar surface area (TPSA) is 83.5 Å². The van der Waals surface area contributed by atoms with Crippen LogP contribution in [0, 0.1) is 23.2 Å². The second-order valence-electron chi connectivity index (χ2n) is 10.2. The van der Waals surface area contributed by atoms with E-state index in [2.05, 4.69) is 5.32 Å². The maximum Gasteiger partial charge on any atom is 0.326 e. The number of carbonyl (C=O) groups excluding carboxylic acids is 2. The van der Waals surface area contributed by atoms with Crippen LogP contribution in [0.25, 0.3) is 0 Å². The van der Waals surface area contributed by atoms with E-state index in [9.17, 15) is 19.5 Å². The average Bonchev–Trinajstić information content (AvgIpc) is 2.78. The molecular formula is C27H29NO4. The Hall–Kier alpha value is -2.95.